The monoisotopic (exact) mass is 384 g/mol. The number of hydrogen-bond acceptors (Lipinski definition) is 7. The summed E-state index contributed by atoms with van der Waals surface area (Å²) in [5.74, 6) is 1.52. The van der Waals surface area contributed by atoms with Crippen molar-refractivity contribution in [1.82, 2.24) is 14.9 Å². The van der Waals surface area contributed by atoms with Crippen molar-refractivity contribution in [3.8, 4) is 0 Å². The van der Waals surface area contributed by atoms with Crippen LogP contribution in [0.25, 0.3) is 0 Å². The van der Waals surface area contributed by atoms with Crippen molar-refractivity contribution in [2.45, 2.75) is 32.6 Å². The number of ether oxygens (including phenoxy) is 1. The summed E-state index contributed by atoms with van der Waals surface area (Å²) >= 11 is 0. The summed E-state index contributed by atoms with van der Waals surface area (Å²) in [4.78, 5) is 37.6. The minimum atomic E-state index is -0.281. The quantitative estimate of drug-likeness (QED) is 0.803. The molecule has 0 unspecified atom stereocenters. The van der Waals surface area contributed by atoms with E-state index in [1.165, 1.54) is 0 Å². The lowest BCUT2D eigenvalue weighted by Gasteiger charge is -2.34. The van der Waals surface area contributed by atoms with Crippen molar-refractivity contribution in [3.05, 3.63) is 41.1 Å². The highest BCUT2D eigenvalue weighted by Gasteiger charge is 2.32. The molecule has 1 atom stereocenters. The van der Waals surface area contributed by atoms with Crippen LogP contribution >= 0.6 is 0 Å². The molecular formula is C20H24N4O4. The van der Waals surface area contributed by atoms with E-state index in [-0.39, 0.29) is 17.8 Å². The molecule has 148 valence electrons. The number of furan rings is 1. The third-order valence-corrected chi connectivity index (χ3v) is 5.34. The Balaban J connectivity index is 1.53. The Morgan fingerprint density at radius 2 is 2.04 bits per heavy atom. The molecule has 8 heteroatoms. The zero-order valence-corrected chi connectivity index (χ0v) is 16.2. The number of carbonyl (C=O) groups is 2. The number of nitrogens with zero attached hydrogens (tertiary/aromatic N) is 4. The van der Waals surface area contributed by atoms with Crippen molar-refractivity contribution in [2.75, 3.05) is 37.7 Å². The van der Waals surface area contributed by atoms with Crippen LogP contribution in [0.5, 0.6) is 0 Å². The van der Waals surface area contributed by atoms with Gasteiger partial charge in [0.1, 0.15) is 5.76 Å². The second-order valence-electron chi connectivity index (χ2n) is 7.15. The van der Waals surface area contributed by atoms with Gasteiger partial charge in [-0.2, -0.15) is 0 Å². The molecule has 3 heterocycles. The number of amides is 1. The molecule has 0 aromatic carbocycles. The summed E-state index contributed by atoms with van der Waals surface area (Å²) in [6, 6.07) is 3.75. The molecule has 1 amide bonds. The number of Topliss-reactive ketones (excluding diaryl/α,β-unsaturated/α-hetero) is 1. The highest BCUT2D eigenvalue weighted by Crippen LogP contribution is 2.34. The van der Waals surface area contributed by atoms with Crippen LogP contribution in [-0.4, -0.2) is 59.5 Å². The number of rotatable bonds is 3. The average molecular weight is 384 g/mol. The van der Waals surface area contributed by atoms with Crippen molar-refractivity contribution >= 4 is 17.8 Å². The normalized spacial score (nSPS) is 19.5. The first-order valence-corrected chi connectivity index (χ1v) is 9.67. The number of anilines is 1. The van der Waals surface area contributed by atoms with Crippen molar-refractivity contribution < 1.29 is 18.7 Å². The lowest BCUT2D eigenvalue weighted by molar-refractivity contribution is 0.0956. The van der Waals surface area contributed by atoms with Gasteiger partial charge in [0.2, 0.25) is 5.95 Å². The fraction of sp³-hybridized carbons (Fsp3) is 0.500. The minimum absolute atomic E-state index is 0.0119. The van der Waals surface area contributed by atoms with Gasteiger partial charge >= 0.3 is 6.09 Å². The summed E-state index contributed by atoms with van der Waals surface area (Å²) in [7, 11) is 0. The fourth-order valence-electron chi connectivity index (χ4n) is 3.93. The van der Waals surface area contributed by atoms with E-state index in [0.717, 1.165) is 17.1 Å². The van der Waals surface area contributed by atoms with E-state index in [1.807, 2.05) is 19.1 Å². The van der Waals surface area contributed by atoms with Gasteiger partial charge in [0.25, 0.3) is 0 Å². The topological polar surface area (TPSA) is 88.8 Å². The van der Waals surface area contributed by atoms with Crippen LogP contribution in [0.1, 0.15) is 46.8 Å². The molecular weight excluding hydrogens is 360 g/mol. The van der Waals surface area contributed by atoms with E-state index < -0.39 is 0 Å². The molecule has 2 aromatic heterocycles. The average Bonchev–Trinajstić information content (AvgIpc) is 3.22. The first-order valence-electron chi connectivity index (χ1n) is 9.67. The maximum Gasteiger partial charge on any atom is 0.409 e. The van der Waals surface area contributed by atoms with E-state index >= 15 is 0 Å². The van der Waals surface area contributed by atoms with E-state index in [2.05, 4.69) is 9.88 Å². The second-order valence-corrected chi connectivity index (χ2v) is 7.15. The number of aryl methyl sites for hydroxylation is 1. The molecule has 0 bridgehead atoms. The molecule has 0 spiro atoms. The highest BCUT2D eigenvalue weighted by atomic mass is 16.6. The van der Waals surface area contributed by atoms with Gasteiger partial charge in [-0.05, 0) is 26.0 Å². The van der Waals surface area contributed by atoms with Crippen molar-refractivity contribution in [1.29, 1.82) is 0 Å². The van der Waals surface area contributed by atoms with Crippen LogP contribution in [0, 0.1) is 6.92 Å². The predicted molar refractivity (Wildman–Crippen MR) is 102 cm³/mol. The van der Waals surface area contributed by atoms with E-state index in [0.29, 0.717) is 57.1 Å². The van der Waals surface area contributed by atoms with Crippen LogP contribution < -0.4 is 4.90 Å². The van der Waals surface area contributed by atoms with Crippen LogP contribution in [-0.2, 0) is 11.2 Å². The number of carbonyl (C=O) groups excluding carboxylic acids is 2. The Labute approximate surface area is 163 Å². The number of aromatic nitrogens is 2. The van der Waals surface area contributed by atoms with Crippen molar-refractivity contribution in [2.24, 2.45) is 0 Å². The number of ketones is 1. The molecule has 2 aliphatic rings. The number of piperazine rings is 1. The molecule has 1 saturated heterocycles. The molecule has 28 heavy (non-hydrogen) atoms. The summed E-state index contributed by atoms with van der Waals surface area (Å²) in [6.45, 7) is 6.42. The van der Waals surface area contributed by atoms with E-state index in [4.69, 9.17) is 14.1 Å². The highest BCUT2D eigenvalue weighted by molar-refractivity contribution is 5.99. The van der Waals surface area contributed by atoms with Gasteiger partial charge in [-0.3, -0.25) is 4.79 Å². The zero-order valence-electron chi connectivity index (χ0n) is 16.2. The Morgan fingerprint density at radius 1 is 1.25 bits per heavy atom. The first-order chi connectivity index (χ1) is 13.6. The lowest BCUT2D eigenvalue weighted by atomic mass is 9.84. The predicted octanol–water partition coefficient (Wildman–Crippen LogP) is 2.57. The molecule has 1 fully saturated rings. The molecule has 2 aromatic rings. The van der Waals surface area contributed by atoms with E-state index in [1.54, 1.807) is 18.1 Å². The van der Waals surface area contributed by atoms with Gasteiger partial charge in [0.15, 0.2) is 5.78 Å². The van der Waals surface area contributed by atoms with Gasteiger partial charge in [0.05, 0.1) is 29.8 Å². The third-order valence-electron chi connectivity index (χ3n) is 5.34. The molecule has 0 radical (unpaired) electrons. The maximum absolute atomic E-state index is 12.7. The summed E-state index contributed by atoms with van der Waals surface area (Å²) < 4.78 is 10.6. The summed E-state index contributed by atoms with van der Waals surface area (Å²) in [6.07, 6.45) is 2.43. The van der Waals surface area contributed by atoms with Gasteiger partial charge in [0, 0.05) is 44.9 Å². The molecule has 4 rings (SSSR count). The molecule has 0 N–H and O–H groups in total. The van der Waals surface area contributed by atoms with Gasteiger partial charge in [-0.1, -0.05) is 0 Å². The molecule has 1 aliphatic carbocycles. The number of fused-ring (bicyclic) bond motifs is 1. The van der Waals surface area contributed by atoms with Crippen LogP contribution in [0.2, 0.25) is 0 Å². The molecule has 1 aliphatic heterocycles. The van der Waals surface area contributed by atoms with Crippen LogP contribution in [0.4, 0.5) is 10.7 Å². The third kappa shape index (κ3) is 3.46. The Morgan fingerprint density at radius 3 is 2.71 bits per heavy atom. The second kappa shape index (κ2) is 7.61. The lowest BCUT2D eigenvalue weighted by Crippen LogP contribution is -2.49. The molecule has 0 saturated carbocycles. The Bertz CT molecular complexity index is 873. The van der Waals surface area contributed by atoms with Gasteiger partial charge in [-0.15, -0.1) is 0 Å². The van der Waals surface area contributed by atoms with Gasteiger partial charge < -0.3 is 19.0 Å². The smallest absolute Gasteiger partial charge is 0.409 e. The minimum Gasteiger partial charge on any atom is -0.469 e. The number of hydrogen-bond donors (Lipinski definition) is 0. The van der Waals surface area contributed by atoms with Gasteiger partial charge in [-0.25, -0.2) is 14.8 Å². The maximum atomic E-state index is 12.7. The largest absolute Gasteiger partial charge is 0.469 e. The summed E-state index contributed by atoms with van der Waals surface area (Å²) in [5.41, 5.74) is 2.15. The zero-order chi connectivity index (χ0) is 19.7. The summed E-state index contributed by atoms with van der Waals surface area (Å²) in [5, 5.41) is 0. The molecule has 8 nitrogen and oxygen atoms in total. The van der Waals surface area contributed by atoms with E-state index in [9.17, 15) is 9.59 Å². The Kier molecular flexibility index (Phi) is 5.02. The standard InChI is InChI=1S/C20H24N4O4/c1-3-27-20(26)24-8-6-23(7-9-24)19-21-13(2)18-15(22-19)11-14(12-16(18)25)17-5-4-10-28-17/h4-5,10,14H,3,6-9,11-12H2,1-2H3/t14-/m0/s1. The van der Waals surface area contributed by atoms with Crippen LogP contribution in [0.15, 0.2) is 22.8 Å². The fourth-order valence-corrected chi connectivity index (χ4v) is 3.93. The first kappa shape index (κ1) is 18.5. The Hall–Kier alpha value is -2.90. The SMILES string of the molecule is CCOC(=O)N1CCN(c2nc(C)c3c(n2)C[C@H](c2ccco2)CC3=O)CC1. The van der Waals surface area contributed by atoms with Crippen molar-refractivity contribution in [3.63, 3.8) is 0 Å². The van der Waals surface area contributed by atoms with Crippen LogP contribution in [0.3, 0.4) is 0 Å².